The monoisotopic (exact) mass is 335 g/mol. The molecule has 0 aromatic heterocycles. The molecule has 0 N–H and O–H groups in total. The molecular weight excluding hydrogens is 322 g/mol. The molecule has 10 heteroatoms. The first-order chi connectivity index (χ1) is 9.55. The number of rotatable bonds is 5. The summed E-state index contributed by atoms with van der Waals surface area (Å²) in [4.78, 5) is -0.433. The second kappa shape index (κ2) is 6.73. The van der Waals surface area contributed by atoms with Crippen molar-refractivity contribution >= 4 is 28.4 Å². The third kappa shape index (κ3) is 5.26. The van der Waals surface area contributed by atoms with Gasteiger partial charge in [0.05, 0.1) is 22.5 Å². The van der Waals surface area contributed by atoms with Crippen molar-refractivity contribution in [3.8, 4) is 0 Å². The minimum Gasteiger partial charge on any atom is -0.744 e. The highest BCUT2D eigenvalue weighted by atomic mass is 32.2. The zero-order valence-corrected chi connectivity index (χ0v) is 13.1. The van der Waals surface area contributed by atoms with Gasteiger partial charge in [-0.2, -0.15) is 4.33 Å². The van der Waals surface area contributed by atoms with Crippen molar-refractivity contribution in [2.45, 2.75) is 36.1 Å². The molecule has 0 radical (unpaired) electrons. The summed E-state index contributed by atoms with van der Waals surface area (Å²) in [5.74, 6) is 0. The van der Waals surface area contributed by atoms with Gasteiger partial charge in [-0.25, -0.2) is 13.2 Å². The van der Waals surface area contributed by atoms with Gasteiger partial charge >= 0.3 is 0 Å². The van der Waals surface area contributed by atoms with Crippen LogP contribution in [0.25, 0.3) is 0 Å². The fraction of sp³-hybridized carbons (Fsp3) is 0.364. The fourth-order valence-corrected chi connectivity index (χ4v) is 2.41. The second-order valence-corrected chi connectivity index (χ2v) is 7.12. The van der Waals surface area contributed by atoms with E-state index in [-0.39, 0.29) is 10.5 Å². The van der Waals surface area contributed by atoms with Crippen LogP contribution >= 0.6 is 12.0 Å². The second-order valence-electron chi connectivity index (χ2n) is 5.00. The topological polar surface area (TPSA) is 125 Å². The van der Waals surface area contributed by atoms with Gasteiger partial charge in [0.2, 0.25) is 0 Å². The highest BCUT2D eigenvalue weighted by Crippen LogP contribution is 2.24. The smallest absolute Gasteiger partial charge is 0.183 e. The molecule has 118 valence electrons. The number of hydrogen-bond donors (Lipinski definition) is 0. The highest BCUT2D eigenvalue weighted by molar-refractivity contribution is 7.94. The molecule has 0 fully saturated rings. The summed E-state index contributed by atoms with van der Waals surface area (Å²) in [6.07, 6.45) is 1.02. The molecule has 0 heterocycles. The molecular formula is C11H13NO7S2-2. The Morgan fingerprint density at radius 2 is 1.95 bits per heavy atom. The van der Waals surface area contributed by atoms with Crippen molar-refractivity contribution < 1.29 is 32.3 Å². The van der Waals surface area contributed by atoms with Gasteiger partial charge in [-0.1, -0.05) is 0 Å². The summed E-state index contributed by atoms with van der Waals surface area (Å²) in [5.41, 5.74) is -0.848. The molecule has 0 amide bonds. The average Bonchev–Trinajstić information content (AvgIpc) is 2.35. The Morgan fingerprint density at radius 3 is 2.43 bits per heavy atom. The molecule has 0 saturated carbocycles. The predicted molar refractivity (Wildman–Crippen MR) is 71.0 cm³/mol. The first kappa shape index (κ1) is 17.9. The molecule has 1 aromatic carbocycles. The minimum atomic E-state index is -4.81. The van der Waals surface area contributed by atoms with E-state index in [4.69, 9.17) is 0 Å². The quantitative estimate of drug-likeness (QED) is 0.145. The number of benzene rings is 1. The minimum absolute atomic E-state index is 0.0534. The van der Waals surface area contributed by atoms with Gasteiger partial charge in [0.25, 0.3) is 0 Å². The van der Waals surface area contributed by atoms with E-state index in [9.17, 15) is 23.4 Å². The van der Waals surface area contributed by atoms with Crippen LogP contribution in [0.15, 0.2) is 28.0 Å². The summed E-state index contributed by atoms with van der Waals surface area (Å²) in [6.45, 7) is 4.89. The Hall–Kier alpha value is -1.17. The van der Waals surface area contributed by atoms with Crippen molar-refractivity contribution in [3.05, 3.63) is 29.0 Å². The number of nitrogens with zero attached hydrogens (tertiary/aromatic N) is 1. The van der Waals surface area contributed by atoms with E-state index in [0.717, 1.165) is 12.3 Å². The van der Waals surface area contributed by atoms with Crippen molar-refractivity contribution in [2.24, 2.45) is 0 Å². The highest BCUT2D eigenvalue weighted by Gasteiger charge is 2.20. The Balaban J connectivity index is 3.33. The lowest BCUT2D eigenvalue weighted by Gasteiger charge is -2.19. The van der Waals surface area contributed by atoms with Crippen LogP contribution in [0.3, 0.4) is 0 Å². The zero-order valence-electron chi connectivity index (χ0n) is 11.4. The van der Waals surface area contributed by atoms with Crippen LogP contribution in [0, 0.1) is 5.21 Å². The SMILES string of the molecule is CC(C)(C)[N+]([O-])=Cc1ccc(SOO[O-])cc1S(=O)(=O)[O-]. The van der Waals surface area contributed by atoms with Crippen LogP contribution in [0.4, 0.5) is 0 Å². The van der Waals surface area contributed by atoms with Gasteiger partial charge in [-0.05, 0) is 18.2 Å². The lowest BCUT2D eigenvalue weighted by Crippen LogP contribution is -2.29. The Kier molecular flexibility index (Phi) is 5.73. The van der Waals surface area contributed by atoms with Gasteiger partial charge in [0.1, 0.15) is 10.1 Å². The molecule has 0 aliphatic rings. The molecule has 21 heavy (non-hydrogen) atoms. The van der Waals surface area contributed by atoms with Gasteiger partial charge in [-0.3, -0.25) is 5.04 Å². The van der Waals surface area contributed by atoms with E-state index in [0.29, 0.717) is 16.8 Å². The fourth-order valence-electron chi connectivity index (χ4n) is 1.26. The summed E-state index contributed by atoms with van der Waals surface area (Å²) in [7, 11) is -4.81. The third-order valence-corrected chi connectivity index (χ3v) is 3.79. The Bertz CT molecular complexity index is 634. The van der Waals surface area contributed by atoms with Crippen LogP contribution in [0.5, 0.6) is 0 Å². The number of hydroxylamine groups is 1. The summed E-state index contributed by atoms with van der Waals surface area (Å²) >= 11 is 0.440. The van der Waals surface area contributed by atoms with Crippen molar-refractivity contribution in [2.75, 3.05) is 0 Å². The first-order valence-corrected chi connectivity index (χ1v) is 7.75. The molecule has 0 bridgehead atoms. The van der Waals surface area contributed by atoms with E-state index in [1.54, 1.807) is 20.8 Å². The molecule has 0 aliphatic heterocycles. The van der Waals surface area contributed by atoms with Crippen molar-refractivity contribution in [1.29, 1.82) is 0 Å². The van der Waals surface area contributed by atoms with E-state index < -0.39 is 20.6 Å². The number of hydrogen-bond acceptors (Lipinski definition) is 8. The van der Waals surface area contributed by atoms with E-state index >= 15 is 0 Å². The molecule has 0 atom stereocenters. The van der Waals surface area contributed by atoms with Gasteiger partial charge in [0, 0.05) is 25.7 Å². The lowest BCUT2D eigenvalue weighted by atomic mass is 10.1. The van der Waals surface area contributed by atoms with Crippen LogP contribution in [0.1, 0.15) is 26.3 Å². The van der Waals surface area contributed by atoms with Crippen LogP contribution in [-0.2, 0) is 19.5 Å². The first-order valence-electron chi connectivity index (χ1n) is 5.60. The van der Waals surface area contributed by atoms with Crippen molar-refractivity contribution in [1.82, 2.24) is 0 Å². The third-order valence-electron chi connectivity index (χ3n) is 2.33. The largest absolute Gasteiger partial charge is 0.744 e. The summed E-state index contributed by atoms with van der Waals surface area (Å²) < 4.78 is 38.4. The van der Waals surface area contributed by atoms with Crippen molar-refractivity contribution in [3.63, 3.8) is 0 Å². The summed E-state index contributed by atoms with van der Waals surface area (Å²) in [6, 6.07) is 3.63. The maximum absolute atomic E-state index is 11.8. The van der Waals surface area contributed by atoms with Crippen LogP contribution in [-0.4, -0.2) is 29.5 Å². The Morgan fingerprint density at radius 1 is 1.33 bits per heavy atom. The molecule has 0 unspecified atom stereocenters. The maximum atomic E-state index is 11.8. The molecule has 1 aromatic rings. The van der Waals surface area contributed by atoms with Crippen LogP contribution in [0.2, 0.25) is 0 Å². The molecule has 0 aliphatic carbocycles. The van der Waals surface area contributed by atoms with E-state index in [2.05, 4.69) is 9.37 Å². The lowest BCUT2D eigenvalue weighted by molar-refractivity contribution is -0.777. The standard InChI is InChI=1S/C11H15NO7S2/c1-11(2,3)12(13)7-8-4-5-9(20-19-18-14)6-10(8)21(15,16)17/h4-7,14H,1-3H3,(H,15,16,17)/p-2. The Labute approximate surface area is 126 Å². The molecule has 0 saturated heterocycles. The van der Waals surface area contributed by atoms with Gasteiger partial charge in [0.15, 0.2) is 11.8 Å². The maximum Gasteiger partial charge on any atom is 0.183 e. The molecule has 0 spiro atoms. The predicted octanol–water partition coefficient (Wildman–Crippen LogP) is 0.549. The molecule has 8 nitrogen and oxygen atoms in total. The van der Waals surface area contributed by atoms with Gasteiger partial charge < -0.3 is 15.0 Å². The zero-order chi connectivity index (χ0) is 16.3. The average molecular weight is 335 g/mol. The summed E-state index contributed by atoms with van der Waals surface area (Å²) in [5, 5.41) is 24.7. The normalized spacial score (nSPS) is 13.5. The van der Waals surface area contributed by atoms with Gasteiger partial charge in [-0.15, -0.1) is 0 Å². The van der Waals surface area contributed by atoms with E-state index in [1.807, 2.05) is 0 Å². The van der Waals surface area contributed by atoms with Crippen LogP contribution < -0.4 is 5.26 Å². The van der Waals surface area contributed by atoms with E-state index in [1.165, 1.54) is 12.1 Å². The molecule has 1 rings (SSSR count).